The summed E-state index contributed by atoms with van der Waals surface area (Å²) < 4.78 is 0. The van der Waals surface area contributed by atoms with Gasteiger partial charge in [0.1, 0.15) is 11.4 Å². The van der Waals surface area contributed by atoms with E-state index in [2.05, 4.69) is 5.32 Å². The summed E-state index contributed by atoms with van der Waals surface area (Å²) in [5.41, 5.74) is -3.24. The molecule has 0 unspecified atom stereocenters. The van der Waals surface area contributed by atoms with Gasteiger partial charge in [0.2, 0.25) is 5.78 Å². The van der Waals surface area contributed by atoms with Crippen molar-refractivity contribution in [1.82, 2.24) is 5.32 Å². The van der Waals surface area contributed by atoms with Crippen LogP contribution in [0.15, 0.2) is 53.3 Å². The van der Waals surface area contributed by atoms with Gasteiger partial charge in [-0.15, -0.1) is 0 Å². The highest BCUT2D eigenvalue weighted by Gasteiger charge is 2.41. The first-order chi connectivity index (χ1) is 21.8. The zero-order valence-corrected chi connectivity index (χ0v) is 27.6. The first-order valence-corrected chi connectivity index (χ1v) is 15.4. The van der Waals surface area contributed by atoms with Crippen molar-refractivity contribution in [2.45, 2.75) is 78.5 Å². The van der Waals surface area contributed by atoms with Crippen LogP contribution in [0, 0.1) is 30.6 Å². The van der Waals surface area contributed by atoms with Crippen LogP contribution in [0.3, 0.4) is 0 Å². The Kier molecular flexibility index (Phi) is 11.7. The summed E-state index contributed by atoms with van der Waals surface area (Å²) in [4.78, 5) is 53.5. The molecule has 256 valence electrons. The van der Waals surface area contributed by atoms with Gasteiger partial charge in [-0.3, -0.25) is 19.2 Å². The fraction of sp³-hybridized carbons (Fsp3) is 0.486. The van der Waals surface area contributed by atoms with E-state index in [-0.39, 0.29) is 33.5 Å². The first-order valence-electron chi connectivity index (χ1n) is 15.4. The zero-order chi connectivity index (χ0) is 35.7. The number of allylic oxidation sites excluding steroid dienone is 5. The number of rotatable bonds is 1. The maximum Gasteiger partial charge on any atom is 0.251 e. The SMILES string of the molecule is CC1=CC=C[C@@](C)(O)[C@@H](O)[C@@H](C)[C@@H](O)[C@H](C)[C@@H](O)[C@@H](C)[C@@H](O)[C@H](CO)C=C(C)C(=O)c2c(O)c(C)cc3c2C(=O)C=C(NC1=O)C3=O. The maximum absolute atomic E-state index is 13.7. The Bertz CT molecular complexity index is 1570. The van der Waals surface area contributed by atoms with E-state index >= 15 is 0 Å². The van der Waals surface area contributed by atoms with Gasteiger partial charge in [-0.2, -0.15) is 0 Å². The molecule has 4 rings (SSSR count). The second-order valence-electron chi connectivity index (χ2n) is 13.0. The molecule has 3 aliphatic rings. The Morgan fingerprint density at radius 3 is 2.00 bits per heavy atom. The number of aliphatic hydroxyl groups excluding tert-OH is 5. The van der Waals surface area contributed by atoms with Crippen LogP contribution in [0.2, 0.25) is 0 Å². The van der Waals surface area contributed by atoms with Crippen molar-refractivity contribution in [3.8, 4) is 5.75 Å². The van der Waals surface area contributed by atoms with Crippen molar-refractivity contribution in [3.05, 3.63) is 75.5 Å². The molecule has 0 saturated heterocycles. The van der Waals surface area contributed by atoms with Crippen LogP contribution < -0.4 is 5.32 Å². The molecule has 8 N–H and O–H groups in total. The van der Waals surface area contributed by atoms with Crippen molar-refractivity contribution in [3.63, 3.8) is 0 Å². The van der Waals surface area contributed by atoms with Crippen LogP contribution >= 0.6 is 0 Å². The Balaban J connectivity index is 2.21. The number of Topliss-reactive ketones (excluding diaryl/α,β-unsaturated/α-hetero) is 2. The number of ketones is 3. The summed E-state index contributed by atoms with van der Waals surface area (Å²) in [7, 11) is 0. The molecule has 0 saturated carbocycles. The molecular formula is C35H45NO11. The number of aromatic hydroxyl groups is 1. The summed E-state index contributed by atoms with van der Waals surface area (Å²) >= 11 is 0. The van der Waals surface area contributed by atoms with Crippen LogP contribution in [-0.4, -0.2) is 95.6 Å². The number of phenolic OH excluding ortho intramolecular Hbond substituents is 1. The third-order valence-electron chi connectivity index (χ3n) is 9.38. The van der Waals surface area contributed by atoms with Gasteiger partial charge in [-0.1, -0.05) is 45.1 Å². The maximum atomic E-state index is 13.7. The summed E-state index contributed by atoms with van der Waals surface area (Å²) in [5, 5.41) is 78.8. The van der Waals surface area contributed by atoms with E-state index in [4.69, 9.17) is 0 Å². The van der Waals surface area contributed by atoms with Crippen molar-refractivity contribution < 1.29 is 54.9 Å². The number of hydrogen-bond acceptors (Lipinski definition) is 11. The van der Waals surface area contributed by atoms with Gasteiger partial charge in [0.05, 0.1) is 42.3 Å². The fourth-order valence-corrected chi connectivity index (χ4v) is 6.08. The quantitative estimate of drug-likeness (QED) is 0.216. The summed E-state index contributed by atoms with van der Waals surface area (Å²) in [6.45, 7) is 9.26. The standard InChI is InChI=1S/C35H45NO11/c1-15-9-8-10-35(7,47)33(45)20(6)30(42)18(4)29(41)19(5)31(43)21(14-37)11-16(2)27(39)26-25-22(12-17(3)28(26)40)32(44)23(13-24(25)38)36-34(15)46/h8-13,18-21,29-31,33,37,40-43,45,47H,14H2,1-7H3,(H,36,46)/t18-,19-,20+,21+,29-,30+,31-,33+,35-/m1/s1. The number of carbonyl (C=O) groups is 4. The van der Waals surface area contributed by atoms with E-state index in [1.165, 1.54) is 78.8 Å². The van der Waals surface area contributed by atoms with Gasteiger partial charge in [-0.25, -0.2) is 0 Å². The second kappa shape index (κ2) is 14.5. The average molecular weight is 656 g/mol. The highest BCUT2D eigenvalue weighted by molar-refractivity contribution is 6.30. The number of amides is 1. The normalized spacial score (nSPS) is 33.3. The Hall–Kier alpha value is -3.78. The summed E-state index contributed by atoms with van der Waals surface area (Å²) in [6.07, 6.45) is 0.156. The second-order valence-corrected chi connectivity index (χ2v) is 13.0. The van der Waals surface area contributed by atoms with E-state index in [9.17, 15) is 54.9 Å². The summed E-state index contributed by atoms with van der Waals surface area (Å²) in [6, 6.07) is 1.24. The lowest BCUT2D eigenvalue weighted by atomic mass is 9.76. The molecule has 9 atom stereocenters. The van der Waals surface area contributed by atoms with Crippen molar-refractivity contribution in [1.29, 1.82) is 0 Å². The Morgan fingerprint density at radius 1 is 0.830 bits per heavy atom. The van der Waals surface area contributed by atoms with E-state index in [0.717, 1.165) is 6.08 Å². The predicted octanol–water partition coefficient (Wildman–Crippen LogP) is 1.44. The topological polar surface area (TPSA) is 222 Å². The minimum Gasteiger partial charge on any atom is -0.507 e. The molecule has 2 aliphatic heterocycles. The minimum absolute atomic E-state index is 0.0613. The largest absolute Gasteiger partial charge is 0.507 e. The van der Waals surface area contributed by atoms with Crippen LogP contribution in [0.1, 0.15) is 78.2 Å². The van der Waals surface area contributed by atoms with Gasteiger partial charge in [-0.05, 0) is 44.9 Å². The van der Waals surface area contributed by atoms with Crippen molar-refractivity contribution >= 4 is 23.3 Å². The molecule has 0 aromatic heterocycles. The molecule has 0 radical (unpaired) electrons. The molecule has 2 heterocycles. The lowest BCUT2D eigenvalue weighted by Crippen LogP contribution is -2.50. The molecule has 1 aromatic rings. The number of aryl methyl sites for hydroxylation is 1. The van der Waals surface area contributed by atoms with E-state index < -0.39 is 94.9 Å². The van der Waals surface area contributed by atoms with Crippen LogP contribution in [0.5, 0.6) is 5.75 Å². The molecule has 1 amide bonds. The van der Waals surface area contributed by atoms with Gasteiger partial charge in [0.25, 0.3) is 5.91 Å². The fourth-order valence-electron chi connectivity index (χ4n) is 6.08. The third-order valence-corrected chi connectivity index (χ3v) is 9.38. The molecule has 1 aromatic carbocycles. The van der Waals surface area contributed by atoms with Crippen molar-refractivity contribution in [2.75, 3.05) is 6.61 Å². The number of aliphatic hydroxyl groups is 6. The number of carbonyl (C=O) groups excluding carboxylic acids is 4. The molecule has 12 heteroatoms. The molecule has 4 bridgehead atoms. The molecule has 12 nitrogen and oxygen atoms in total. The number of hydrogen-bond donors (Lipinski definition) is 8. The predicted molar refractivity (Wildman–Crippen MR) is 171 cm³/mol. The number of benzene rings is 1. The number of phenols is 1. The molecule has 1 aliphatic carbocycles. The number of nitrogens with one attached hydrogen (secondary N) is 1. The van der Waals surface area contributed by atoms with E-state index in [0.29, 0.717) is 0 Å². The van der Waals surface area contributed by atoms with Gasteiger partial charge in [0.15, 0.2) is 11.6 Å². The average Bonchev–Trinajstić information content (AvgIpc) is 3.03. The summed E-state index contributed by atoms with van der Waals surface area (Å²) in [5.74, 6) is -7.82. The highest BCUT2D eigenvalue weighted by atomic mass is 16.3. The van der Waals surface area contributed by atoms with Crippen LogP contribution in [-0.2, 0) is 4.79 Å². The minimum atomic E-state index is -1.91. The van der Waals surface area contributed by atoms with Gasteiger partial charge < -0.3 is 41.1 Å². The van der Waals surface area contributed by atoms with Crippen LogP contribution in [0.4, 0.5) is 0 Å². The lowest BCUT2D eigenvalue weighted by molar-refractivity contribution is -0.116. The zero-order valence-electron chi connectivity index (χ0n) is 27.6. The van der Waals surface area contributed by atoms with Crippen LogP contribution in [0.25, 0.3) is 0 Å². The Labute approximate surface area is 273 Å². The van der Waals surface area contributed by atoms with Crippen molar-refractivity contribution in [2.24, 2.45) is 23.7 Å². The lowest BCUT2D eigenvalue weighted by Gasteiger charge is -2.38. The molecule has 47 heavy (non-hydrogen) atoms. The van der Waals surface area contributed by atoms with Gasteiger partial charge >= 0.3 is 0 Å². The molecular weight excluding hydrogens is 610 g/mol. The first kappa shape index (κ1) is 37.7. The van der Waals surface area contributed by atoms with E-state index in [1.54, 1.807) is 0 Å². The van der Waals surface area contributed by atoms with E-state index in [1.807, 2.05) is 0 Å². The molecule has 0 spiro atoms. The van der Waals surface area contributed by atoms with Gasteiger partial charge in [0, 0.05) is 46.4 Å². The third kappa shape index (κ3) is 7.53. The smallest absolute Gasteiger partial charge is 0.251 e. The Morgan fingerprint density at radius 2 is 1.40 bits per heavy atom. The monoisotopic (exact) mass is 655 g/mol. The highest BCUT2D eigenvalue weighted by Crippen LogP contribution is 2.36. The molecule has 0 fully saturated rings. The number of fused-ring (bicyclic) bond motifs is 15.